The van der Waals surface area contributed by atoms with Crippen LogP contribution in [-0.4, -0.2) is 16.1 Å². The summed E-state index contributed by atoms with van der Waals surface area (Å²) in [4.78, 5) is 12.0. The van der Waals surface area contributed by atoms with Crippen molar-refractivity contribution in [1.82, 2.24) is 0 Å². The maximum absolute atomic E-state index is 12.0. The van der Waals surface area contributed by atoms with E-state index in [1.54, 1.807) is 0 Å². The molecule has 0 saturated carbocycles. The smallest absolute Gasteiger partial charge is 0.259 e. The highest BCUT2D eigenvalue weighted by Gasteiger charge is 2.16. The molecule has 0 radical (unpaired) electrons. The molecule has 0 bridgehead atoms. The largest absolute Gasteiger partial charge is 0.504 e. The molecule has 104 valence electrons. The summed E-state index contributed by atoms with van der Waals surface area (Å²) in [6.07, 6.45) is 0. The Morgan fingerprint density at radius 3 is 2.35 bits per heavy atom. The first-order valence-electron chi connectivity index (χ1n) is 5.37. The highest BCUT2D eigenvalue weighted by Crippen LogP contribution is 2.33. The van der Waals surface area contributed by atoms with Gasteiger partial charge in [-0.25, -0.2) is 0 Å². The zero-order chi connectivity index (χ0) is 14.9. The lowest BCUT2D eigenvalue weighted by molar-refractivity contribution is 0.102. The topological polar surface area (TPSA) is 69.6 Å². The van der Waals surface area contributed by atoms with E-state index in [1.807, 2.05) is 0 Å². The molecule has 0 saturated heterocycles. The predicted octanol–water partition coefficient (Wildman–Crippen LogP) is 4.31. The van der Waals surface area contributed by atoms with Gasteiger partial charge in [0.15, 0.2) is 11.5 Å². The Morgan fingerprint density at radius 1 is 1.00 bits per heavy atom. The molecule has 7 heteroatoms. The SMILES string of the molecule is O=C(Nc1cc(Cl)c(Cl)cc1Cl)c1cccc(O)c1O. The number of aromatic hydroxyl groups is 2. The van der Waals surface area contributed by atoms with E-state index in [9.17, 15) is 15.0 Å². The van der Waals surface area contributed by atoms with Crippen molar-refractivity contribution in [2.24, 2.45) is 0 Å². The summed E-state index contributed by atoms with van der Waals surface area (Å²) < 4.78 is 0. The number of halogens is 3. The van der Waals surface area contributed by atoms with Gasteiger partial charge in [-0.1, -0.05) is 40.9 Å². The van der Waals surface area contributed by atoms with Gasteiger partial charge < -0.3 is 15.5 Å². The summed E-state index contributed by atoms with van der Waals surface area (Å²) >= 11 is 17.6. The van der Waals surface area contributed by atoms with Crippen LogP contribution >= 0.6 is 34.8 Å². The number of anilines is 1. The highest BCUT2D eigenvalue weighted by molar-refractivity contribution is 6.44. The lowest BCUT2D eigenvalue weighted by atomic mass is 10.1. The molecule has 0 heterocycles. The van der Waals surface area contributed by atoms with Gasteiger partial charge in [-0.15, -0.1) is 0 Å². The van der Waals surface area contributed by atoms with Gasteiger partial charge in [0.25, 0.3) is 5.91 Å². The first-order valence-corrected chi connectivity index (χ1v) is 6.50. The lowest BCUT2D eigenvalue weighted by Crippen LogP contribution is -2.12. The number of hydrogen-bond donors (Lipinski definition) is 3. The number of phenols is 2. The third kappa shape index (κ3) is 2.93. The molecule has 0 unspecified atom stereocenters. The van der Waals surface area contributed by atoms with Crippen molar-refractivity contribution in [1.29, 1.82) is 0 Å². The average molecular weight is 333 g/mol. The third-order valence-electron chi connectivity index (χ3n) is 2.52. The Labute approximate surface area is 129 Å². The van der Waals surface area contributed by atoms with E-state index >= 15 is 0 Å². The monoisotopic (exact) mass is 331 g/mol. The van der Waals surface area contributed by atoms with E-state index < -0.39 is 17.4 Å². The fourth-order valence-corrected chi connectivity index (χ4v) is 2.12. The van der Waals surface area contributed by atoms with Gasteiger partial charge in [0.1, 0.15) is 0 Å². The first-order chi connectivity index (χ1) is 9.40. The summed E-state index contributed by atoms with van der Waals surface area (Å²) in [5.41, 5.74) is 0.154. The number of para-hydroxylation sites is 1. The van der Waals surface area contributed by atoms with Crippen LogP contribution in [-0.2, 0) is 0 Å². The summed E-state index contributed by atoms with van der Waals surface area (Å²) in [5.74, 6) is -1.54. The molecule has 0 aliphatic rings. The number of rotatable bonds is 2. The number of amides is 1. The van der Waals surface area contributed by atoms with Gasteiger partial charge in [0, 0.05) is 0 Å². The summed E-state index contributed by atoms with van der Waals surface area (Å²) in [6, 6.07) is 6.84. The van der Waals surface area contributed by atoms with Crippen LogP contribution in [0.1, 0.15) is 10.4 Å². The number of carbonyl (C=O) groups is 1. The van der Waals surface area contributed by atoms with Crippen LogP contribution in [0, 0.1) is 0 Å². The van der Waals surface area contributed by atoms with E-state index in [0.29, 0.717) is 0 Å². The molecule has 0 aliphatic carbocycles. The molecular formula is C13H8Cl3NO3. The summed E-state index contributed by atoms with van der Waals surface area (Å²) in [5, 5.41) is 22.1. The molecule has 0 spiro atoms. The van der Waals surface area contributed by atoms with Crippen LogP contribution in [0.3, 0.4) is 0 Å². The molecule has 0 aromatic heterocycles. The minimum absolute atomic E-state index is 0.0906. The molecular weight excluding hydrogens is 325 g/mol. The van der Waals surface area contributed by atoms with Crippen LogP contribution in [0.4, 0.5) is 5.69 Å². The van der Waals surface area contributed by atoms with Crippen LogP contribution in [0.2, 0.25) is 15.1 Å². The van der Waals surface area contributed by atoms with Gasteiger partial charge in [-0.2, -0.15) is 0 Å². The maximum atomic E-state index is 12.0. The van der Waals surface area contributed by atoms with E-state index in [4.69, 9.17) is 34.8 Å². The van der Waals surface area contributed by atoms with Gasteiger partial charge in [-0.3, -0.25) is 4.79 Å². The zero-order valence-electron chi connectivity index (χ0n) is 9.82. The predicted molar refractivity (Wildman–Crippen MR) is 79.2 cm³/mol. The molecule has 3 N–H and O–H groups in total. The zero-order valence-corrected chi connectivity index (χ0v) is 12.1. The van der Waals surface area contributed by atoms with Crippen molar-refractivity contribution < 1.29 is 15.0 Å². The van der Waals surface area contributed by atoms with Crippen molar-refractivity contribution in [3.05, 3.63) is 51.0 Å². The van der Waals surface area contributed by atoms with Gasteiger partial charge in [0.05, 0.1) is 26.3 Å². The Balaban J connectivity index is 2.33. The number of carbonyl (C=O) groups excluding carboxylic acids is 1. The van der Waals surface area contributed by atoms with E-state index in [1.165, 1.54) is 30.3 Å². The standard InChI is InChI=1S/C13H8Cl3NO3/c14-7-4-9(16)10(5-8(7)15)17-13(20)6-2-1-3-11(18)12(6)19/h1-5,18-19H,(H,17,20). The highest BCUT2D eigenvalue weighted by atomic mass is 35.5. The number of phenolic OH excluding ortho intramolecular Hbond substituents is 2. The van der Waals surface area contributed by atoms with E-state index in [-0.39, 0.29) is 26.3 Å². The Hall–Kier alpha value is -1.62. The second-order valence-electron chi connectivity index (χ2n) is 3.87. The molecule has 2 rings (SSSR count). The maximum Gasteiger partial charge on any atom is 0.259 e. The van der Waals surface area contributed by atoms with Crippen LogP contribution in [0.5, 0.6) is 11.5 Å². The average Bonchev–Trinajstić information content (AvgIpc) is 2.39. The Kier molecular flexibility index (Phi) is 4.28. The van der Waals surface area contributed by atoms with Gasteiger partial charge in [-0.05, 0) is 24.3 Å². The molecule has 2 aromatic rings. The normalized spacial score (nSPS) is 10.3. The quantitative estimate of drug-likeness (QED) is 0.567. The van der Waals surface area contributed by atoms with Gasteiger partial charge >= 0.3 is 0 Å². The number of benzene rings is 2. The van der Waals surface area contributed by atoms with Gasteiger partial charge in [0.2, 0.25) is 0 Å². The third-order valence-corrected chi connectivity index (χ3v) is 3.55. The molecule has 1 amide bonds. The Bertz CT molecular complexity index is 689. The lowest BCUT2D eigenvalue weighted by Gasteiger charge is -2.10. The fourth-order valence-electron chi connectivity index (χ4n) is 1.52. The van der Waals surface area contributed by atoms with Crippen molar-refractivity contribution in [3.8, 4) is 11.5 Å². The molecule has 20 heavy (non-hydrogen) atoms. The molecule has 4 nitrogen and oxygen atoms in total. The summed E-state index contributed by atoms with van der Waals surface area (Å²) in [7, 11) is 0. The molecule has 0 atom stereocenters. The second-order valence-corrected chi connectivity index (χ2v) is 5.10. The van der Waals surface area contributed by atoms with Crippen molar-refractivity contribution in [2.45, 2.75) is 0 Å². The van der Waals surface area contributed by atoms with Crippen molar-refractivity contribution in [3.63, 3.8) is 0 Å². The summed E-state index contributed by atoms with van der Waals surface area (Å²) in [6.45, 7) is 0. The van der Waals surface area contributed by atoms with Crippen molar-refractivity contribution >= 4 is 46.4 Å². The van der Waals surface area contributed by atoms with Crippen LogP contribution < -0.4 is 5.32 Å². The Morgan fingerprint density at radius 2 is 1.65 bits per heavy atom. The first kappa shape index (κ1) is 14.8. The second kappa shape index (κ2) is 5.79. The van der Waals surface area contributed by atoms with Crippen LogP contribution in [0.25, 0.3) is 0 Å². The molecule has 2 aromatic carbocycles. The molecule has 0 aliphatic heterocycles. The fraction of sp³-hybridized carbons (Fsp3) is 0. The van der Waals surface area contributed by atoms with E-state index in [0.717, 1.165) is 0 Å². The van der Waals surface area contributed by atoms with Crippen LogP contribution in [0.15, 0.2) is 30.3 Å². The number of hydrogen-bond acceptors (Lipinski definition) is 3. The minimum Gasteiger partial charge on any atom is -0.504 e. The van der Waals surface area contributed by atoms with Crippen molar-refractivity contribution in [2.75, 3.05) is 5.32 Å². The molecule has 0 fully saturated rings. The number of nitrogens with one attached hydrogen (secondary N) is 1. The van der Waals surface area contributed by atoms with E-state index in [2.05, 4.69) is 5.32 Å². The minimum atomic E-state index is -0.640.